The average Bonchev–Trinajstić information content (AvgIpc) is 2.16. The summed E-state index contributed by atoms with van der Waals surface area (Å²) in [7, 11) is 0. The van der Waals surface area contributed by atoms with Gasteiger partial charge in [0.2, 0.25) is 0 Å². The first-order valence-electron chi connectivity index (χ1n) is 4.75. The van der Waals surface area contributed by atoms with Crippen molar-refractivity contribution in [1.82, 2.24) is 0 Å². The quantitative estimate of drug-likeness (QED) is 0.802. The third-order valence-corrected chi connectivity index (χ3v) is 2.64. The highest BCUT2D eigenvalue weighted by Gasteiger charge is 2.68. The second-order valence-corrected chi connectivity index (χ2v) is 3.96. The Kier molecular flexibility index (Phi) is 3.22. The summed E-state index contributed by atoms with van der Waals surface area (Å²) in [6.45, 7) is 1.82. The Morgan fingerprint density at radius 1 is 1.00 bits per heavy atom. The third-order valence-electron chi connectivity index (χ3n) is 2.64. The summed E-state index contributed by atoms with van der Waals surface area (Å²) in [5.74, 6) is -5.22. The Labute approximate surface area is 94.9 Å². The zero-order valence-electron chi connectivity index (χ0n) is 9.15. The number of aryl methyl sites for hydroxylation is 1. The van der Waals surface area contributed by atoms with Crippen LogP contribution >= 0.6 is 0 Å². The molecule has 0 aromatic heterocycles. The minimum absolute atomic E-state index is 0.168. The van der Waals surface area contributed by atoms with Gasteiger partial charge in [-0.1, -0.05) is 24.3 Å². The molecule has 0 amide bonds. The smallest absolute Gasteiger partial charge is 0.379 e. The molecule has 96 valence electrons. The van der Waals surface area contributed by atoms with Crippen LogP contribution in [0.4, 0.5) is 22.0 Å². The molecule has 0 aliphatic carbocycles. The molecular weight excluding hydrogens is 243 g/mol. The molecule has 0 bridgehead atoms. The van der Waals surface area contributed by atoms with Gasteiger partial charge in [-0.05, 0) is 25.0 Å². The maximum atomic E-state index is 13.2. The monoisotopic (exact) mass is 254 g/mol. The fourth-order valence-electron chi connectivity index (χ4n) is 1.56. The van der Waals surface area contributed by atoms with Crippen LogP contribution in [0.1, 0.15) is 18.1 Å². The highest BCUT2D eigenvalue weighted by molar-refractivity contribution is 5.33. The second kappa shape index (κ2) is 3.94. The van der Waals surface area contributed by atoms with Gasteiger partial charge in [0, 0.05) is 0 Å². The summed E-state index contributed by atoms with van der Waals surface area (Å²) in [6.07, 6.45) is -5.81. The largest absolute Gasteiger partial charge is 0.456 e. The lowest BCUT2D eigenvalue weighted by molar-refractivity contribution is -0.342. The number of halogens is 5. The van der Waals surface area contributed by atoms with Crippen LogP contribution in [0.15, 0.2) is 24.3 Å². The molecule has 1 atom stereocenters. The van der Waals surface area contributed by atoms with E-state index in [9.17, 15) is 27.1 Å². The maximum absolute atomic E-state index is 13.2. The van der Waals surface area contributed by atoms with E-state index in [1.165, 1.54) is 25.1 Å². The van der Waals surface area contributed by atoms with Gasteiger partial charge in [0.05, 0.1) is 0 Å². The topological polar surface area (TPSA) is 20.2 Å². The summed E-state index contributed by atoms with van der Waals surface area (Å²) >= 11 is 0. The molecule has 17 heavy (non-hydrogen) atoms. The number of hydrogen-bond acceptors (Lipinski definition) is 1. The van der Waals surface area contributed by atoms with Crippen molar-refractivity contribution in [3.05, 3.63) is 35.4 Å². The van der Waals surface area contributed by atoms with Gasteiger partial charge < -0.3 is 5.11 Å². The molecule has 1 nitrogen and oxygen atoms in total. The van der Waals surface area contributed by atoms with Gasteiger partial charge in [0.1, 0.15) is 0 Å². The predicted molar refractivity (Wildman–Crippen MR) is 51.8 cm³/mol. The third kappa shape index (κ3) is 2.13. The predicted octanol–water partition coefficient (Wildman–Crippen LogP) is 3.40. The van der Waals surface area contributed by atoms with Crippen molar-refractivity contribution in [2.24, 2.45) is 0 Å². The molecule has 0 heterocycles. The minimum Gasteiger partial charge on any atom is -0.379 e. The summed E-state index contributed by atoms with van der Waals surface area (Å²) in [4.78, 5) is 0. The molecule has 0 saturated heterocycles. The van der Waals surface area contributed by atoms with Crippen LogP contribution in [0.5, 0.6) is 0 Å². The fourth-order valence-corrected chi connectivity index (χ4v) is 1.56. The molecule has 1 aromatic rings. The summed E-state index contributed by atoms with van der Waals surface area (Å²) in [5, 5.41) is 9.56. The maximum Gasteiger partial charge on any atom is 0.456 e. The van der Waals surface area contributed by atoms with Crippen molar-refractivity contribution < 1.29 is 27.1 Å². The standard InChI is InChI=1S/C11H11F5O/c1-7-5-3-4-6-8(7)9(2,17)10(12,13)11(14,15)16/h3-6,17H,1-2H3. The van der Waals surface area contributed by atoms with E-state index in [1.807, 2.05) is 0 Å². The summed E-state index contributed by atoms with van der Waals surface area (Å²) < 4.78 is 63.1. The molecule has 6 heteroatoms. The number of aliphatic hydroxyl groups is 1. The van der Waals surface area contributed by atoms with Crippen LogP contribution in [0, 0.1) is 6.92 Å². The molecule has 0 spiro atoms. The molecule has 1 N–H and O–H groups in total. The normalized spacial score (nSPS) is 16.7. The zero-order chi connectivity index (χ0) is 13.5. The van der Waals surface area contributed by atoms with Crippen molar-refractivity contribution in [2.45, 2.75) is 31.5 Å². The lowest BCUT2D eigenvalue weighted by atomic mass is 9.86. The molecule has 0 radical (unpaired) electrons. The number of benzene rings is 1. The van der Waals surface area contributed by atoms with E-state index < -0.39 is 23.3 Å². The molecule has 1 rings (SSSR count). The lowest BCUT2D eigenvalue weighted by Crippen LogP contribution is -2.53. The van der Waals surface area contributed by atoms with Crippen molar-refractivity contribution in [2.75, 3.05) is 0 Å². The Hall–Kier alpha value is -1.17. The van der Waals surface area contributed by atoms with Gasteiger partial charge in [0.25, 0.3) is 0 Å². The van der Waals surface area contributed by atoms with E-state index >= 15 is 0 Å². The molecule has 0 aliphatic heterocycles. The van der Waals surface area contributed by atoms with Crippen LogP contribution in [0.2, 0.25) is 0 Å². The number of alkyl halides is 5. The van der Waals surface area contributed by atoms with Crippen LogP contribution in [0.3, 0.4) is 0 Å². The van der Waals surface area contributed by atoms with Gasteiger partial charge in [-0.25, -0.2) is 0 Å². The Morgan fingerprint density at radius 3 is 1.88 bits per heavy atom. The zero-order valence-corrected chi connectivity index (χ0v) is 9.15. The minimum atomic E-state index is -5.81. The van der Waals surface area contributed by atoms with E-state index in [2.05, 4.69) is 0 Å². The van der Waals surface area contributed by atoms with Crippen molar-refractivity contribution in [3.8, 4) is 0 Å². The molecular formula is C11H11F5O. The van der Waals surface area contributed by atoms with E-state index in [0.29, 0.717) is 6.92 Å². The van der Waals surface area contributed by atoms with E-state index in [0.717, 1.165) is 6.07 Å². The molecule has 0 aliphatic rings. The fraction of sp³-hybridized carbons (Fsp3) is 0.455. The van der Waals surface area contributed by atoms with Crippen LogP contribution in [-0.4, -0.2) is 17.2 Å². The molecule has 1 unspecified atom stereocenters. The van der Waals surface area contributed by atoms with Crippen molar-refractivity contribution in [1.29, 1.82) is 0 Å². The first-order valence-corrected chi connectivity index (χ1v) is 4.75. The summed E-state index contributed by atoms with van der Waals surface area (Å²) in [5.41, 5.74) is -3.57. The van der Waals surface area contributed by atoms with Crippen LogP contribution in [-0.2, 0) is 5.60 Å². The van der Waals surface area contributed by atoms with Gasteiger partial charge >= 0.3 is 12.1 Å². The van der Waals surface area contributed by atoms with Crippen LogP contribution < -0.4 is 0 Å². The van der Waals surface area contributed by atoms with Gasteiger partial charge in [-0.15, -0.1) is 0 Å². The SMILES string of the molecule is Cc1ccccc1C(C)(O)C(F)(F)C(F)(F)F. The van der Waals surface area contributed by atoms with Crippen molar-refractivity contribution >= 4 is 0 Å². The first-order chi connectivity index (χ1) is 7.52. The van der Waals surface area contributed by atoms with E-state index in [1.54, 1.807) is 0 Å². The number of hydrogen-bond donors (Lipinski definition) is 1. The highest BCUT2D eigenvalue weighted by Crippen LogP contribution is 2.48. The lowest BCUT2D eigenvalue weighted by Gasteiger charge is -2.35. The Morgan fingerprint density at radius 2 is 1.47 bits per heavy atom. The van der Waals surface area contributed by atoms with Gasteiger partial charge in [-0.3, -0.25) is 0 Å². The summed E-state index contributed by atoms with van der Waals surface area (Å²) in [6, 6.07) is 5.19. The molecule has 0 saturated carbocycles. The highest BCUT2D eigenvalue weighted by atomic mass is 19.4. The average molecular weight is 254 g/mol. The van der Waals surface area contributed by atoms with E-state index in [4.69, 9.17) is 0 Å². The second-order valence-electron chi connectivity index (χ2n) is 3.96. The first kappa shape index (κ1) is 13.9. The number of rotatable bonds is 2. The Balaban J connectivity index is 3.34. The van der Waals surface area contributed by atoms with Crippen LogP contribution in [0.25, 0.3) is 0 Å². The molecule has 1 aromatic carbocycles. The van der Waals surface area contributed by atoms with Crippen molar-refractivity contribution in [3.63, 3.8) is 0 Å². The molecule has 0 fully saturated rings. The van der Waals surface area contributed by atoms with Gasteiger partial charge in [0.15, 0.2) is 5.60 Å². The Bertz CT molecular complexity index is 409. The van der Waals surface area contributed by atoms with Gasteiger partial charge in [-0.2, -0.15) is 22.0 Å². The van der Waals surface area contributed by atoms with E-state index in [-0.39, 0.29) is 5.56 Å².